The van der Waals surface area contributed by atoms with E-state index in [2.05, 4.69) is 6.58 Å². The van der Waals surface area contributed by atoms with Gasteiger partial charge in [0.15, 0.2) is 0 Å². The van der Waals surface area contributed by atoms with E-state index >= 15 is 0 Å². The Hall–Kier alpha value is -0.760. The van der Waals surface area contributed by atoms with Gasteiger partial charge in [0.1, 0.15) is 0 Å². The molecule has 0 rings (SSSR count). The molecule has 0 unspecified atom stereocenters. The van der Waals surface area contributed by atoms with E-state index in [-0.39, 0.29) is 5.57 Å². The molecule has 0 amide bonds. The largest absolute Gasteiger partial charge is 0.478 e. The minimum Gasteiger partial charge on any atom is -0.478 e. The molecule has 0 bridgehead atoms. The minimum absolute atomic E-state index is 0.205. The van der Waals surface area contributed by atoms with Crippen molar-refractivity contribution < 1.29 is 9.90 Å². The summed E-state index contributed by atoms with van der Waals surface area (Å²) in [6.07, 6.45) is 1.82. The molecule has 1 N–H and O–H groups in total. The number of carbonyl (C=O) groups is 1. The molecule has 2 nitrogen and oxygen atoms in total. The average Bonchev–Trinajstić information content (AvgIpc) is 1.81. The van der Waals surface area contributed by atoms with Crippen LogP contribution in [0.15, 0.2) is 23.3 Å². The summed E-state index contributed by atoms with van der Waals surface area (Å²) in [5.74, 6) is -0.979. The third-order valence-electron chi connectivity index (χ3n) is 1.02. The molecule has 0 aromatic carbocycles. The Balaban J connectivity index is 4.42. The summed E-state index contributed by atoms with van der Waals surface area (Å²) in [5, 5.41) is 8.80. The fourth-order valence-electron chi connectivity index (χ4n) is 0.520. The summed E-state index contributed by atoms with van der Waals surface area (Å²) in [6.45, 7) is 4.96. The second-order valence-electron chi connectivity index (χ2n) is 1.81. The Bertz CT molecular complexity index is 178. The number of hydrogen-bond acceptors (Lipinski definition) is 1. The van der Waals surface area contributed by atoms with Crippen LogP contribution in [0.5, 0.6) is 0 Å². The van der Waals surface area contributed by atoms with Gasteiger partial charge in [0.25, 0.3) is 0 Å². The number of rotatable bonds is 3. The van der Waals surface area contributed by atoms with Gasteiger partial charge in [-0.15, -0.1) is 6.58 Å². The van der Waals surface area contributed by atoms with Crippen molar-refractivity contribution in [3.8, 4) is 0 Å². The Morgan fingerprint density at radius 1 is 1.80 bits per heavy atom. The van der Waals surface area contributed by atoms with Crippen LogP contribution in [0.3, 0.4) is 0 Å². The van der Waals surface area contributed by atoms with Crippen LogP contribution < -0.4 is 0 Å². The molecule has 0 spiro atoms. The third-order valence-corrected chi connectivity index (χ3v) is 1.25. The number of allylic oxidation sites excluding steroid dienone is 2. The maximum Gasteiger partial charge on any atom is 0.333 e. The smallest absolute Gasteiger partial charge is 0.333 e. The molecular formula is C7H9ClO2. The van der Waals surface area contributed by atoms with Crippen LogP contribution in [0, 0.1) is 0 Å². The van der Waals surface area contributed by atoms with E-state index in [1.54, 1.807) is 6.92 Å². The lowest BCUT2D eigenvalue weighted by Gasteiger charge is -1.97. The zero-order chi connectivity index (χ0) is 8.15. The fourth-order valence-corrected chi connectivity index (χ4v) is 0.678. The first-order chi connectivity index (χ1) is 4.59. The molecule has 0 saturated heterocycles. The second-order valence-corrected chi connectivity index (χ2v) is 2.38. The number of carboxylic acids is 1. The van der Waals surface area contributed by atoms with Crippen molar-refractivity contribution in [2.45, 2.75) is 13.3 Å². The monoisotopic (exact) mass is 160 g/mol. The lowest BCUT2D eigenvalue weighted by atomic mass is 10.2. The van der Waals surface area contributed by atoms with Crippen molar-refractivity contribution in [1.82, 2.24) is 0 Å². The molecule has 0 radical (unpaired) electrons. The van der Waals surface area contributed by atoms with Crippen LogP contribution in [0.2, 0.25) is 0 Å². The Kier molecular flexibility index (Phi) is 3.81. The van der Waals surface area contributed by atoms with Crippen molar-refractivity contribution in [1.29, 1.82) is 0 Å². The van der Waals surface area contributed by atoms with Crippen molar-refractivity contribution in [3.63, 3.8) is 0 Å². The first kappa shape index (κ1) is 9.24. The standard InChI is InChI=1S/C7H9ClO2/c1-3-4-6(5(2)8)7(9)10/h3H,1,4H2,2H3,(H,9,10)/b6-5-. The molecule has 0 atom stereocenters. The van der Waals surface area contributed by atoms with E-state index < -0.39 is 5.97 Å². The van der Waals surface area contributed by atoms with Crippen LogP contribution in [0.4, 0.5) is 0 Å². The number of aliphatic carboxylic acids is 1. The molecular weight excluding hydrogens is 152 g/mol. The Morgan fingerprint density at radius 3 is 2.40 bits per heavy atom. The average molecular weight is 161 g/mol. The molecule has 0 aromatic heterocycles. The van der Waals surface area contributed by atoms with Gasteiger partial charge in [-0.3, -0.25) is 0 Å². The predicted molar refractivity (Wildman–Crippen MR) is 41.0 cm³/mol. The minimum atomic E-state index is -0.979. The van der Waals surface area contributed by atoms with E-state index in [9.17, 15) is 4.79 Å². The maximum atomic E-state index is 10.3. The SMILES string of the molecule is C=CC/C(C(=O)O)=C(\C)Cl. The molecule has 3 heteroatoms. The Morgan fingerprint density at radius 2 is 2.30 bits per heavy atom. The molecule has 0 aliphatic carbocycles. The number of carboxylic acid groups (broad SMARTS) is 1. The van der Waals surface area contributed by atoms with E-state index in [4.69, 9.17) is 16.7 Å². The van der Waals surface area contributed by atoms with Gasteiger partial charge in [-0.2, -0.15) is 0 Å². The first-order valence-electron chi connectivity index (χ1n) is 2.79. The lowest BCUT2D eigenvalue weighted by molar-refractivity contribution is -0.132. The molecule has 10 heavy (non-hydrogen) atoms. The normalized spacial score (nSPS) is 12.2. The highest BCUT2D eigenvalue weighted by molar-refractivity contribution is 6.31. The van der Waals surface area contributed by atoms with Gasteiger partial charge in [0.2, 0.25) is 0 Å². The summed E-state index contributed by atoms with van der Waals surface area (Å²) in [5.41, 5.74) is 0.205. The lowest BCUT2D eigenvalue weighted by Crippen LogP contribution is -2.00. The van der Waals surface area contributed by atoms with Crippen LogP contribution >= 0.6 is 11.6 Å². The van der Waals surface area contributed by atoms with Gasteiger partial charge in [-0.25, -0.2) is 4.79 Å². The Labute approximate surface area is 64.8 Å². The number of halogens is 1. The van der Waals surface area contributed by atoms with E-state index in [0.29, 0.717) is 11.5 Å². The molecule has 0 fully saturated rings. The summed E-state index contributed by atoms with van der Waals surface area (Å²) >= 11 is 5.47. The van der Waals surface area contributed by atoms with Gasteiger partial charge >= 0.3 is 5.97 Å². The maximum absolute atomic E-state index is 10.3. The van der Waals surface area contributed by atoms with Crippen molar-refractivity contribution in [2.75, 3.05) is 0 Å². The van der Waals surface area contributed by atoms with Crippen LogP contribution in [-0.2, 0) is 4.79 Å². The molecule has 0 aliphatic rings. The van der Waals surface area contributed by atoms with E-state index in [1.807, 2.05) is 0 Å². The second kappa shape index (κ2) is 4.12. The van der Waals surface area contributed by atoms with Gasteiger partial charge in [0.05, 0.1) is 5.57 Å². The van der Waals surface area contributed by atoms with Gasteiger partial charge in [0, 0.05) is 5.03 Å². The van der Waals surface area contributed by atoms with Crippen molar-refractivity contribution in [3.05, 3.63) is 23.3 Å². The highest BCUT2D eigenvalue weighted by Crippen LogP contribution is 2.12. The summed E-state index contributed by atoms with van der Waals surface area (Å²) in [7, 11) is 0. The molecule has 0 aromatic rings. The highest BCUT2D eigenvalue weighted by Gasteiger charge is 2.06. The fraction of sp³-hybridized carbons (Fsp3) is 0.286. The van der Waals surface area contributed by atoms with E-state index in [1.165, 1.54) is 6.08 Å². The van der Waals surface area contributed by atoms with Gasteiger partial charge in [-0.05, 0) is 13.3 Å². The van der Waals surface area contributed by atoms with Crippen LogP contribution in [0.1, 0.15) is 13.3 Å². The van der Waals surface area contributed by atoms with Gasteiger partial charge in [-0.1, -0.05) is 17.7 Å². The summed E-state index contributed by atoms with van der Waals surface area (Å²) in [6, 6.07) is 0. The van der Waals surface area contributed by atoms with Crippen LogP contribution in [0.25, 0.3) is 0 Å². The topological polar surface area (TPSA) is 37.3 Å². The number of hydrogen-bond donors (Lipinski definition) is 1. The quantitative estimate of drug-likeness (QED) is 0.508. The zero-order valence-electron chi connectivity index (χ0n) is 5.72. The highest BCUT2D eigenvalue weighted by atomic mass is 35.5. The molecule has 56 valence electrons. The third kappa shape index (κ3) is 2.69. The molecule has 0 saturated carbocycles. The van der Waals surface area contributed by atoms with Crippen LogP contribution in [-0.4, -0.2) is 11.1 Å². The van der Waals surface area contributed by atoms with Gasteiger partial charge < -0.3 is 5.11 Å². The molecule has 0 heterocycles. The zero-order valence-corrected chi connectivity index (χ0v) is 6.48. The van der Waals surface area contributed by atoms with Crippen molar-refractivity contribution >= 4 is 17.6 Å². The summed E-state index contributed by atoms with van der Waals surface area (Å²) < 4.78 is 0. The predicted octanol–water partition coefficient (Wildman–Crippen LogP) is 2.16. The van der Waals surface area contributed by atoms with Crippen molar-refractivity contribution in [2.24, 2.45) is 0 Å². The first-order valence-corrected chi connectivity index (χ1v) is 3.16. The molecule has 0 aliphatic heterocycles. The summed E-state index contributed by atoms with van der Waals surface area (Å²) in [4.78, 5) is 10.3. The van der Waals surface area contributed by atoms with E-state index in [0.717, 1.165) is 0 Å².